The van der Waals surface area contributed by atoms with Crippen LogP contribution in [0.2, 0.25) is 0 Å². The van der Waals surface area contributed by atoms with Gasteiger partial charge in [0.25, 0.3) is 11.8 Å². The van der Waals surface area contributed by atoms with Crippen molar-refractivity contribution in [3.8, 4) is 11.5 Å². The summed E-state index contributed by atoms with van der Waals surface area (Å²) in [6.07, 6.45) is 4.80. The van der Waals surface area contributed by atoms with Gasteiger partial charge in [-0.15, -0.1) is 11.3 Å². The van der Waals surface area contributed by atoms with E-state index in [0.29, 0.717) is 38.9 Å². The molecule has 2 amide bonds. The van der Waals surface area contributed by atoms with Crippen LogP contribution in [0.25, 0.3) is 0 Å². The second-order valence-corrected chi connectivity index (χ2v) is 9.94. The van der Waals surface area contributed by atoms with Crippen molar-refractivity contribution in [1.82, 2.24) is 10.3 Å². The average molecular weight is 522 g/mol. The minimum absolute atomic E-state index is 0.0985. The number of hydrazone groups is 1. The standard InChI is InChI=1S/C23H28BrN3O4S/c1-5-30-18-10-15(9-17(24)22(18)31-13-21(28)27(3)4)12-25-26-23(29)20-11-16-8-14(2)6-7-19(16)32-20/h9-12,14H,5-8,13H2,1-4H3,(H,26,29)/b25-12+. The van der Waals surface area contributed by atoms with Crippen LogP contribution in [0, 0.1) is 5.92 Å². The van der Waals surface area contributed by atoms with Gasteiger partial charge in [0.2, 0.25) is 0 Å². The Morgan fingerprint density at radius 2 is 2.09 bits per heavy atom. The Labute approximate surface area is 200 Å². The first-order chi connectivity index (χ1) is 15.3. The van der Waals surface area contributed by atoms with E-state index in [2.05, 4.69) is 33.4 Å². The lowest BCUT2D eigenvalue weighted by molar-refractivity contribution is -0.130. The van der Waals surface area contributed by atoms with Crippen molar-refractivity contribution < 1.29 is 19.1 Å². The summed E-state index contributed by atoms with van der Waals surface area (Å²) in [5.41, 5.74) is 4.61. The van der Waals surface area contributed by atoms with Crippen LogP contribution in [0.4, 0.5) is 0 Å². The first kappa shape index (κ1) is 24.3. The van der Waals surface area contributed by atoms with Crippen molar-refractivity contribution in [3.05, 3.63) is 43.6 Å². The molecular weight excluding hydrogens is 494 g/mol. The molecule has 172 valence electrons. The number of rotatable bonds is 8. The number of carbonyl (C=O) groups excluding carboxylic acids is 2. The maximum atomic E-state index is 12.5. The van der Waals surface area contributed by atoms with Crippen LogP contribution in [-0.4, -0.2) is 50.2 Å². The normalized spacial score (nSPS) is 15.3. The van der Waals surface area contributed by atoms with Crippen molar-refractivity contribution in [2.75, 3.05) is 27.3 Å². The molecule has 1 aromatic heterocycles. The van der Waals surface area contributed by atoms with Gasteiger partial charge in [-0.05, 0) is 77.4 Å². The maximum absolute atomic E-state index is 12.5. The second kappa shape index (κ2) is 11.0. The third-order valence-electron chi connectivity index (χ3n) is 5.10. The summed E-state index contributed by atoms with van der Waals surface area (Å²) in [5, 5.41) is 4.11. The Kier molecular flexibility index (Phi) is 8.31. The minimum atomic E-state index is -0.209. The fraction of sp³-hybridized carbons (Fsp3) is 0.435. The number of hydrogen-bond donors (Lipinski definition) is 1. The van der Waals surface area contributed by atoms with E-state index in [0.717, 1.165) is 12.8 Å². The summed E-state index contributed by atoms with van der Waals surface area (Å²) < 4.78 is 12.0. The predicted octanol–water partition coefficient (Wildman–Crippen LogP) is 4.27. The number of aryl methyl sites for hydroxylation is 1. The molecule has 0 saturated carbocycles. The van der Waals surface area contributed by atoms with E-state index in [-0.39, 0.29) is 18.4 Å². The van der Waals surface area contributed by atoms with Gasteiger partial charge in [-0.2, -0.15) is 5.10 Å². The molecule has 0 spiro atoms. The summed E-state index contributed by atoms with van der Waals surface area (Å²) in [6.45, 7) is 4.45. The second-order valence-electron chi connectivity index (χ2n) is 7.95. The highest BCUT2D eigenvalue weighted by Gasteiger charge is 2.20. The van der Waals surface area contributed by atoms with E-state index in [1.807, 2.05) is 13.0 Å². The molecule has 3 rings (SSSR count). The van der Waals surface area contributed by atoms with Crippen molar-refractivity contribution in [3.63, 3.8) is 0 Å². The Morgan fingerprint density at radius 1 is 1.31 bits per heavy atom. The number of nitrogens with zero attached hydrogens (tertiary/aromatic N) is 2. The number of carbonyl (C=O) groups is 2. The molecule has 32 heavy (non-hydrogen) atoms. The molecule has 1 aromatic carbocycles. The van der Waals surface area contributed by atoms with E-state index >= 15 is 0 Å². The van der Waals surface area contributed by atoms with Crippen LogP contribution >= 0.6 is 27.3 Å². The molecule has 1 heterocycles. The highest BCUT2D eigenvalue weighted by molar-refractivity contribution is 9.10. The molecule has 0 fully saturated rings. The van der Waals surface area contributed by atoms with Gasteiger partial charge in [-0.3, -0.25) is 9.59 Å². The predicted molar refractivity (Wildman–Crippen MR) is 130 cm³/mol. The number of fused-ring (bicyclic) bond motifs is 1. The molecule has 9 heteroatoms. The van der Waals surface area contributed by atoms with Crippen LogP contribution in [0.15, 0.2) is 27.8 Å². The molecule has 0 aliphatic heterocycles. The van der Waals surface area contributed by atoms with Crippen LogP contribution in [-0.2, 0) is 17.6 Å². The number of amides is 2. The zero-order valence-corrected chi connectivity index (χ0v) is 21.1. The number of nitrogens with one attached hydrogen (secondary N) is 1. The molecule has 0 radical (unpaired) electrons. The highest BCUT2D eigenvalue weighted by atomic mass is 79.9. The van der Waals surface area contributed by atoms with Gasteiger partial charge in [0.1, 0.15) is 0 Å². The lowest BCUT2D eigenvalue weighted by atomic mass is 9.90. The van der Waals surface area contributed by atoms with E-state index in [4.69, 9.17) is 9.47 Å². The monoisotopic (exact) mass is 521 g/mol. The van der Waals surface area contributed by atoms with Crippen molar-refractivity contribution in [2.45, 2.75) is 33.1 Å². The molecule has 1 atom stereocenters. The molecule has 1 aliphatic rings. The van der Waals surface area contributed by atoms with Gasteiger partial charge in [-0.1, -0.05) is 6.92 Å². The van der Waals surface area contributed by atoms with Gasteiger partial charge in [0, 0.05) is 19.0 Å². The number of hydrogen-bond acceptors (Lipinski definition) is 6. The van der Waals surface area contributed by atoms with Crippen LogP contribution in [0.1, 0.15) is 45.9 Å². The molecule has 1 N–H and O–H groups in total. The van der Waals surface area contributed by atoms with Gasteiger partial charge >= 0.3 is 0 Å². The number of benzene rings is 1. The number of ether oxygens (including phenoxy) is 2. The van der Waals surface area contributed by atoms with Crippen LogP contribution in [0.3, 0.4) is 0 Å². The molecule has 1 aliphatic carbocycles. The van der Waals surface area contributed by atoms with E-state index < -0.39 is 0 Å². The zero-order valence-electron chi connectivity index (χ0n) is 18.7. The highest BCUT2D eigenvalue weighted by Crippen LogP contribution is 2.36. The molecular formula is C23H28BrN3O4S. The summed E-state index contributed by atoms with van der Waals surface area (Å²) in [6, 6.07) is 5.54. The number of likely N-dealkylation sites (N-methyl/N-ethyl adjacent to an activating group) is 1. The van der Waals surface area contributed by atoms with Crippen molar-refractivity contribution >= 4 is 45.3 Å². The van der Waals surface area contributed by atoms with E-state index in [9.17, 15) is 9.59 Å². The summed E-state index contributed by atoms with van der Waals surface area (Å²) in [7, 11) is 3.34. The molecule has 0 saturated heterocycles. The lowest BCUT2D eigenvalue weighted by Crippen LogP contribution is -2.27. The fourth-order valence-corrected chi connectivity index (χ4v) is 5.04. The molecule has 7 nitrogen and oxygen atoms in total. The summed E-state index contributed by atoms with van der Waals surface area (Å²) in [5.74, 6) is 1.23. The topological polar surface area (TPSA) is 80.2 Å². The first-order valence-corrected chi connectivity index (χ1v) is 12.1. The summed E-state index contributed by atoms with van der Waals surface area (Å²) in [4.78, 5) is 27.8. The summed E-state index contributed by atoms with van der Waals surface area (Å²) >= 11 is 5.03. The molecule has 0 bridgehead atoms. The van der Waals surface area contributed by atoms with Crippen LogP contribution < -0.4 is 14.9 Å². The largest absolute Gasteiger partial charge is 0.490 e. The van der Waals surface area contributed by atoms with Gasteiger partial charge < -0.3 is 14.4 Å². The molecule has 1 unspecified atom stereocenters. The third kappa shape index (κ3) is 6.10. The van der Waals surface area contributed by atoms with Gasteiger partial charge in [-0.25, -0.2) is 5.43 Å². The number of thiophene rings is 1. The van der Waals surface area contributed by atoms with Gasteiger partial charge in [0.05, 0.1) is 22.2 Å². The van der Waals surface area contributed by atoms with Crippen molar-refractivity contribution in [1.29, 1.82) is 0 Å². The molecule has 2 aromatic rings. The Bertz CT molecular complexity index is 1020. The first-order valence-electron chi connectivity index (χ1n) is 10.5. The van der Waals surface area contributed by atoms with Crippen molar-refractivity contribution in [2.24, 2.45) is 11.0 Å². The van der Waals surface area contributed by atoms with Gasteiger partial charge in [0.15, 0.2) is 18.1 Å². The SMILES string of the molecule is CCOc1cc(/C=N/NC(=O)c2cc3c(s2)CCC(C)C3)cc(Br)c1OCC(=O)N(C)C. The third-order valence-corrected chi connectivity index (χ3v) is 6.93. The minimum Gasteiger partial charge on any atom is -0.490 e. The van der Waals surface area contributed by atoms with Crippen LogP contribution in [0.5, 0.6) is 11.5 Å². The average Bonchev–Trinajstić information content (AvgIpc) is 3.16. The number of halogens is 1. The lowest BCUT2D eigenvalue weighted by Gasteiger charge is -2.16. The fourth-order valence-electron chi connectivity index (χ4n) is 3.37. The maximum Gasteiger partial charge on any atom is 0.281 e. The Hall–Kier alpha value is -2.39. The van der Waals surface area contributed by atoms with E-state index in [1.54, 1.807) is 43.8 Å². The zero-order chi connectivity index (χ0) is 23.3. The van der Waals surface area contributed by atoms with E-state index in [1.165, 1.54) is 21.8 Å². The Morgan fingerprint density at radius 3 is 2.81 bits per heavy atom. The smallest absolute Gasteiger partial charge is 0.281 e. The quantitative estimate of drug-likeness (QED) is 0.415. The Balaban J connectivity index is 1.68.